The summed E-state index contributed by atoms with van der Waals surface area (Å²) in [5.74, 6) is -1.14. The van der Waals surface area contributed by atoms with Gasteiger partial charge in [0.05, 0.1) is 18.6 Å². The van der Waals surface area contributed by atoms with Crippen LogP contribution in [-0.4, -0.2) is 43.0 Å². The number of amides is 3. The third-order valence-corrected chi connectivity index (χ3v) is 4.43. The molecule has 1 saturated heterocycles. The molecule has 3 amide bonds. The van der Waals surface area contributed by atoms with Gasteiger partial charge in [-0.05, 0) is 49.9 Å². The molecule has 24 heavy (non-hydrogen) atoms. The summed E-state index contributed by atoms with van der Waals surface area (Å²) in [6.07, 6.45) is 1.44. The summed E-state index contributed by atoms with van der Waals surface area (Å²) in [5.41, 5.74) is 7.96. The summed E-state index contributed by atoms with van der Waals surface area (Å²) in [5, 5.41) is 2.79. The molecule has 0 aromatic heterocycles. The van der Waals surface area contributed by atoms with Gasteiger partial charge in [0, 0.05) is 18.8 Å². The average molecular weight is 333 g/mol. The van der Waals surface area contributed by atoms with E-state index in [4.69, 9.17) is 10.5 Å². The minimum absolute atomic E-state index is 0.306. The molecule has 0 spiro atoms. The molecule has 1 heterocycles. The lowest BCUT2D eigenvalue weighted by molar-refractivity contribution is -0.123. The van der Waals surface area contributed by atoms with Crippen molar-refractivity contribution in [2.75, 3.05) is 25.5 Å². The van der Waals surface area contributed by atoms with Gasteiger partial charge in [0.1, 0.15) is 0 Å². The highest BCUT2D eigenvalue weighted by molar-refractivity contribution is 5.95. The van der Waals surface area contributed by atoms with Crippen molar-refractivity contribution < 1.29 is 19.1 Å². The van der Waals surface area contributed by atoms with Crippen LogP contribution in [0.15, 0.2) is 12.1 Å². The van der Waals surface area contributed by atoms with Gasteiger partial charge < -0.3 is 20.7 Å². The highest BCUT2D eigenvalue weighted by Gasteiger charge is 2.27. The number of hydrogen-bond acceptors (Lipinski definition) is 4. The third-order valence-electron chi connectivity index (χ3n) is 4.43. The molecule has 1 fully saturated rings. The van der Waals surface area contributed by atoms with Crippen molar-refractivity contribution in [3.05, 3.63) is 28.8 Å². The van der Waals surface area contributed by atoms with Crippen molar-refractivity contribution in [3.8, 4) is 0 Å². The first kappa shape index (κ1) is 17.8. The van der Waals surface area contributed by atoms with E-state index < -0.39 is 5.97 Å². The molecule has 3 N–H and O–H groups in total. The molecular formula is C17H23N3O4. The average Bonchev–Trinajstić information content (AvgIpc) is 2.57. The predicted molar refractivity (Wildman–Crippen MR) is 89.8 cm³/mol. The van der Waals surface area contributed by atoms with E-state index in [1.54, 1.807) is 17.0 Å². The van der Waals surface area contributed by atoms with Crippen molar-refractivity contribution in [2.24, 2.45) is 11.7 Å². The van der Waals surface area contributed by atoms with Crippen molar-refractivity contribution in [1.82, 2.24) is 4.90 Å². The van der Waals surface area contributed by atoms with Gasteiger partial charge in [-0.15, -0.1) is 0 Å². The maximum Gasteiger partial charge on any atom is 0.338 e. The quantitative estimate of drug-likeness (QED) is 0.824. The van der Waals surface area contributed by atoms with Crippen LogP contribution in [-0.2, 0) is 9.53 Å². The summed E-state index contributed by atoms with van der Waals surface area (Å²) in [7, 11) is 1.32. The minimum atomic E-state index is -0.446. The molecule has 130 valence electrons. The van der Waals surface area contributed by atoms with Crippen LogP contribution in [0.25, 0.3) is 0 Å². The number of methoxy groups -OCH3 is 1. The zero-order valence-corrected chi connectivity index (χ0v) is 14.2. The first-order chi connectivity index (χ1) is 11.3. The fourth-order valence-corrected chi connectivity index (χ4v) is 2.85. The summed E-state index contributed by atoms with van der Waals surface area (Å²) in [4.78, 5) is 37.2. The van der Waals surface area contributed by atoms with Gasteiger partial charge in [-0.3, -0.25) is 4.79 Å². The fraction of sp³-hybridized carbons (Fsp3) is 0.471. The van der Waals surface area contributed by atoms with E-state index >= 15 is 0 Å². The maximum absolute atomic E-state index is 12.4. The molecule has 1 atom stereocenters. The monoisotopic (exact) mass is 333 g/mol. The van der Waals surface area contributed by atoms with E-state index in [1.807, 2.05) is 13.8 Å². The standard InChI is InChI=1S/C17H23N3O4/c1-10-7-13(8-14(11(10)2)16(22)24-3)19-17(23)20-6-4-5-12(9-20)15(18)21/h7-8,12H,4-6,9H2,1-3H3,(H2,18,21)(H,19,23)/t12-/m1/s1. The predicted octanol–water partition coefficient (Wildman–Crippen LogP) is 1.82. The van der Waals surface area contributed by atoms with Gasteiger partial charge in [-0.25, -0.2) is 9.59 Å². The highest BCUT2D eigenvalue weighted by atomic mass is 16.5. The number of nitrogens with one attached hydrogen (secondary N) is 1. The van der Waals surface area contributed by atoms with Gasteiger partial charge in [-0.1, -0.05) is 0 Å². The minimum Gasteiger partial charge on any atom is -0.465 e. The zero-order valence-electron chi connectivity index (χ0n) is 14.2. The van der Waals surface area contributed by atoms with Crippen molar-refractivity contribution in [3.63, 3.8) is 0 Å². The summed E-state index contributed by atoms with van der Waals surface area (Å²) in [6, 6.07) is 3.09. The van der Waals surface area contributed by atoms with Gasteiger partial charge in [0.15, 0.2) is 0 Å². The van der Waals surface area contributed by atoms with E-state index in [2.05, 4.69) is 5.32 Å². The van der Waals surface area contributed by atoms with Gasteiger partial charge in [0.2, 0.25) is 5.91 Å². The number of nitrogens with two attached hydrogens (primary N) is 1. The molecule has 1 aliphatic heterocycles. The number of nitrogens with zero attached hydrogens (tertiary/aromatic N) is 1. The smallest absolute Gasteiger partial charge is 0.338 e. The molecular weight excluding hydrogens is 310 g/mol. The zero-order chi connectivity index (χ0) is 17.9. The number of benzene rings is 1. The van der Waals surface area contributed by atoms with Crippen LogP contribution in [0.1, 0.15) is 34.3 Å². The van der Waals surface area contributed by atoms with Crippen LogP contribution in [0.2, 0.25) is 0 Å². The number of ether oxygens (including phenoxy) is 1. The SMILES string of the molecule is COC(=O)c1cc(NC(=O)N2CCC[C@@H](C(N)=O)C2)cc(C)c1C. The topological polar surface area (TPSA) is 102 Å². The number of aryl methyl sites for hydroxylation is 1. The molecule has 0 aliphatic carbocycles. The Labute approximate surface area is 141 Å². The van der Waals surface area contributed by atoms with Crippen LogP contribution in [0.4, 0.5) is 10.5 Å². The molecule has 1 aromatic carbocycles. The Balaban J connectivity index is 2.15. The lowest BCUT2D eigenvalue weighted by Gasteiger charge is -2.31. The number of likely N-dealkylation sites (tertiary alicyclic amines) is 1. The number of carbonyl (C=O) groups excluding carboxylic acids is 3. The Kier molecular flexibility index (Phi) is 5.43. The molecule has 0 bridgehead atoms. The lowest BCUT2D eigenvalue weighted by Crippen LogP contribution is -2.45. The van der Waals surface area contributed by atoms with Gasteiger partial charge in [0.25, 0.3) is 0 Å². The Morgan fingerprint density at radius 2 is 2.00 bits per heavy atom. The van der Waals surface area contributed by atoms with Gasteiger partial charge in [-0.2, -0.15) is 0 Å². The summed E-state index contributed by atoms with van der Waals surface area (Å²) < 4.78 is 4.78. The lowest BCUT2D eigenvalue weighted by atomic mass is 9.98. The second-order valence-electron chi connectivity index (χ2n) is 6.07. The maximum atomic E-state index is 12.4. The Morgan fingerprint density at radius 3 is 2.62 bits per heavy atom. The normalized spacial score (nSPS) is 17.3. The number of anilines is 1. The second-order valence-corrected chi connectivity index (χ2v) is 6.07. The van der Waals surface area contributed by atoms with Crippen molar-refractivity contribution >= 4 is 23.6 Å². The van der Waals surface area contributed by atoms with Gasteiger partial charge >= 0.3 is 12.0 Å². The molecule has 0 saturated carbocycles. The first-order valence-electron chi connectivity index (χ1n) is 7.88. The Bertz CT molecular complexity index is 672. The van der Waals surface area contributed by atoms with E-state index in [0.29, 0.717) is 30.8 Å². The number of carbonyl (C=O) groups is 3. The van der Waals surface area contributed by atoms with Crippen LogP contribution in [0.5, 0.6) is 0 Å². The van der Waals surface area contributed by atoms with Crippen LogP contribution in [0.3, 0.4) is 0 Å². The first-order valence-corrected chi connectivity index (χ1v) is 7.88. The van der Waals surface area contributed by atoms with Crippen LogP contribution < -0.4 is 11.1 Å². The molecule has 7 nitrogen and oxygen atoms in total. The number of rotatable bonds is 3. The van der Waals surface area contributed by atoms with E-state index in [0.717, 1.165) is 17.5 Å². The summed E-state index contributed by atoms with van der Waals surface area (Å²) in [6.45, 7) is 4.58. The molecule has 0 radical (unpaired) electrons. The fourth-order valence-electron chi connectivity index (χ4n) is 2.85. The van der Waals surface area contributed by atoms with E-state index in [9.17, 15) is 14.4 Å². The molecule has 2 rings (SSSR count). The Morgan fingerprint density at radius 1 is 1.29 bits per heavy atom. The summed E-state index contributed by atoms with van der Waals surface area (Å²) >= 11 is 0. The molecule has 1 aromatic rings. The van der Waals surface area contributed by atoms with E-state index in [-0.39, 0.29) is 17.9 Å². The van der Waals surface area contributed by atoms with Crippen LogP contribution >= 0.6 is 0 Å². The number of primary amides is 1. The molecule has 7 heteroatoms. The van der Waals surface area contributed by atoms with Crippen molar-refractivity contribution in [1.29, 1.82) is 0 Å². The third kappa shape index (κ3) is 3.84. The second kappa shape index (κ2) is 7.33. The number of piperidine rings is 1. The van der Waals surface area contributed by atoms with Crippen molar-refractivity contribution in [2.45, 2.75) is 26.7 Å². The largest absolute Gasteiger partial charge is 0.465 e. The Hall–Kier alpha value is -2.57. The number of esters is 1. The molecule has 1 aliphatic rings. The number of urea groups is 1. The highest BCUT2D eigenvalue weighted by Crippen LogP contribution is 2.22. The molecule has 0 unspecified atom stereocenters. The van der Waals surface area contributed by atoms with Crippen LogP contribution in [0, 0.1) is 19.8 Å². The number of hydrogen-bond donors (Lipinski definition) is 2. The van der Waals surface area contributed by atoms with E-state index in [1.165, 1.54) is 7.11 Å².